The fourth-order valence-corrected chi connectivity index (χ4v) is 2.57. The average Bonchev–Trinajstić information content (AvgIpc) is 3.30. The normalized spacial score (nSPS) is 10.7. The maximum absolute atomic E-state index is 12.2. The first-order valence-electron chi connectivity index (χ1n) is 8.19. The van der Waals surface area contributed by atoms with E-state index in [-0.39, 0.29) is 11.6 Å². The summed E-state index contributed by atoms with van der Waals surface area (Å²) in [6.07, 6.45) is 2.86. The molecule has 0 spiro atoms. The molecule has 0 aliphatic carbocycles. The van der Waals surface area contributed by atoms with Gasteiger partial charge in [-0.2, -0.15) is 0 Å². The number of hydrogen-bond acceptors (Lipinski definition) is 5. The Balaban J connectivity index is 1.77. The van der Waals surface area contributed by atoms with Crippen LogP contribution < -0.4 is 5.32 Å². The molecule has 26 heavy (non-hydrogen) atoms. The number of carbonyl (C=O) groups excluding carboxylic acids is 1. The van der Waals surface area contributed by atoms with Gasteiger partial charge in [-0.05, 0) is 42.8 Å². The van der Waals surface area contributed by atoms with E-state index >= 15 is 0 Å². The number of furan rings is 1. The van der Waals surface area contributed by atoms with Crippen LogP contribution in [0.1, 0.15) is 45.6 Å². The van der Waals surface area contributed by atoms with Crippen LogP contribution in [0.4, 0.5) is 0 Å². The van der Waals surface area contributed by atoms with Gasteiger partial charge in [0.15, 0.2) is 5.69 Å². The SMILES string of the molecule is CCCc1c(C(=O)O)nnn1-c1ccc(C(=O)NCc2ccco2)cc1. The molecule has 0 saturated carbocycles. The highest BCUT2D eigenvalue weighted by atomic mass is 16.4. The van der Waals surface area contributed by atoms with Crippen LogP contribution >= 0.6 is 0 Å². The van der Waals surface area contributed by atoms with Gasteiger partial charge >= 0.3 is 5.97 Å². The molecule has 8 heteroatoms. The van der Waals surface area contributed by atoms with Crippen molar-refractivity contribution in [2.45, 2.75) is 26.3 Å². The Morgan fingerprint density at radius 1 is 1.23 bits per heavy atom. The largest absolute Gasteiger partial charge is 0.476 e. The second-order valence-corrected chi connectivity index (χ2v) is 5.66. The summed E-state index contributed by atoms with van der Waals surface area (Å²) in [5.41, 5.74) is 1.62. The van der Waals surface area contributed by atoms with Crippen LogP contribution in [0.5, 0.6) is 0 Å². The molecule has 0 aliphatic heterocycles. The summed E-state index contributed by atoms with van der Waals surface area (Å²) in [5, 5.41) is 19.7. The zero-order valence-electron chi connectivity index (χ0n) is 14.2. The van der Waals surface area contributed by atoms with Crippen LogP contribution in [0.15, 0.2) is 47.1 Å². The van der Waals surface area contributed by atoms with E-state index in [0.29, 0.717) is 35.7 Å². The fourth-order valence-electron chi connectivity index (χ4n) is 2.57. The van der Waals surface area contributed by atoms with Crippen molar-refractivity contribution in [3.05, 3.63) is 65.4 Å². The molecule has 2 N–H and O–H groups in total. The fraction of sp³-hybridized carbons (Fsp3) is 0.222. The predicted octanol–water partition coefficient (Wildman–Crippen LogP) is 2.44. The minimum absolute atomic E-state index is 0.0490. The van der Waals surface area contributed by atoms with E-state index in [2.05, 4.69) is 15.6 Å². The Bertz CT molecular complexity index is 898. The van der Waals surface area contributed by atoms with E-state index in [1.165, 1.54) is 4.68 Å². The van der Waals surface area contributed by atoms with Crippen molar-refractivity contribution in [1.29, 1.82) is 0 Å². The lowest BCUT2D eigenvalue weighted by Crippen LogP contribution is -2.22. The van der Waals surface area contributed by atoms with E-state index in [1.54, 1.807) is 42.7 Å². The summed E-state index contributed by atoms with van der Waals surface area (Å²) in [7, 11) is 0. The molecule has 1 amide bonds. The van der Waals surface area contributed by atoms with Crippen LogP contribution in [-0.4, -0.2) is 32.0 Å². The van der Waals surface area contributed by atoms with Crippen molar-refractivity contribution in [3.8, 4) is 5.69 Å². The molecule has 134 valence electrons. The predicted molar refractivity (Wildman–Crippen MR) is 92.2 cm³/mol. The highest BCUT2D eigenvalue weighted by molar-refractivity contribution is 5.94. The van der Waals surface area contributed by atoms with Crippen LogP contribution in [0.2, 0.25) is 0 Å². The molecular weight excluding hydrogens is 336 g/mol. The van der Waals surface area contributed by atoms with Crippen molar-refractivity contribution in [1.82, 2.24) is 20.3 Å². The number of benzene rings is 1. The zero-order valence-corrected chi connectivity index (χ0v) is 14.2. The summed E-state index contributed by atoms with van der Waals surface area (Å²) in [4.78, 5) is 23.5. The first-order chi connectivity index (χ1) is 12.6. The Kier molecular flexibility index (Phi) is 5.12. The lowest BCUT2D eigenvalue weighted by Gasteiger charge is -2.08. The molecule has 1 aromatic carbocycles. The highest BCUT2D eigenvalue weighted by Gasteiger charge is 2.19. The van der Waals surface area contributed by atoms with E-state index in [1.807, 2.05) is 6.92 Å². The Labute approximate surface area is 149 Å². The molecule has 3 aromatic rings. The molecule has 0 radical (unpaired) electrons. The number of nitrogens with zero attached hydrogens (tertiary/aromatic N) is 3. The summed E-state index contributed by atoms with van der Waals surface area (Å²) < 4.78 is 6.67. The van der Waals surface area contributed by atoms with Gasteiger partial charge in [0.2, 0.25) is 0 Å². The molecule has 0 unspecified atom stereocenters. The Hall–Kier alpha value is -3.42. The molecule has 2 aromatic heterocycles. The van der Waals surface area contributed by atoms with Crippen LogP contribution in [0.3, 0.4) is 0 Å². The summed E-state index contributed by atoms with van der Waals surface area (Å²) in [6, 6.07) is 10.3. The summed E-state index contributed by atoms with van der Waals surface area (Å²) in [5.74, 6) is -0.664. The molecule has 0 saturated heterocycles. The topological polar surface area (TPSA) is 110 Å². The molecule has 3 rings (SSSR count). The van der Waals surface area contributed by atoms with Gasteiger partial charge in [-0.1, -0.05) is 18.6 Å². The van der Waals surface area contributed by atoms with Crippen LogP contribution in [0, 0.1) is 0 Å². The maximum atomic E-state index is 12.2. The zero-order chi connectivity index (χ0) is 18.5. The van der Waals surface area contributed by atoms with Gasteiger partial charge < -0.3 is 14.8 Å². The first kappa shape index (κ1) is 17.4. The van der Waals surface area contributed by atoms with Gasteiger partial charge in [-0.15, -0.1) is 5.10 Å². The Morgan fingerprint density at radius 2 is 2.00 bits per heavy atom. The quantitative estimate of drug-likeness (QED) is 0.674. The molecule has 0 bridgehead atoms. The van der Waals surface area contributed by atoms with Crippen molar-refractivity contribution in [2.24, 2.45) is 0 Å². The van der Waals surface area contributed by atoms with Crippen molar-refractivity contribution in [2.75, 3.05) is 0 Å². The van der Waals surface area contributed by atoms with Gasteiger partial charge in [-0.3, -0.25) is 4.79 Å². The number of carbonyl (C=O) groups is 2. The van der Waals surface area contributed by atoms with Gasteiger partial charge in [0.25, 0.3) is 5.91 Å². The highest BCUT2D eigenvalue weighted by Crippen LogP contribution is 2.16. The smallest absolute Gasteiger partial charge is 0.358 e. The number of carboxylic acid groups (broad SMARTS) is 1. The van der Waals surface area contributed by atoms with E-state index in [9.17, 15) is 14.7 Å². The summed E-state index contributed by atoms with van der Waals surface area (Å²) >= 11 is 0. The molecule has 8 nitrogen and oxygen atoms in total. The van der Waals surface area contributed by atoms with Gasteiger partial charge in [0, 0.05) is 5.56 Å². The number of rotatable bonds is 7. The number of hydrogen-bond donors (Lipinski definition) is 2. The monoisotopic (exact) mass is 354 g/mol. The molecule has 0 atom stereocenters. The lowest BCUT2D eigenvalue weighted by atomic mass is 10.1. The van der Waals surface area contributed by atoms with Crippen LogP contribution in [0.25, 0.3) is 5.69 Å². The Morgan fingerprint density at radius 3 is 2.62 bits per heavy atom. The molecule has 0 aliphatic rings. The van der Waals surface area contributed by atoms with Gasteiger partial charge in [-0.25, -0.2) is 9.48 Å². The number of aromatic nitrogens is 3. The number of aromatic carboxylic acids is 1. The van der Waals surface area contributed by atoms with Gasteiger partial charge in [0.1, 0.15) is 5.76 Å². The van der Waals surface area contributed by atoms with Crippen molar-refractivity contribution < 1.29 is 19.1 Å². The maximum Gasteiger partial charge on any atom is 0.358 e. The number of carboxylic acids is 1. The third-order valence-corrected chi connectivity index (χ3v) is 3.83. The third-order valence-electron chi connectivity index (χ3n) is 3.83. The molecule has 2 heterocycles. The standard InChI is InChI=1S/C18H18N4O4/c1-2-4-15-16(18(24)25)20-21-22(15)13-8-6-12(7-9-13)17(23)19-11-14-5-3-10-26-14/h3,5-10H,2,4,11H2,1H3,(H,19,23)(H,24,25). The third kappa shape index (κ3) is 3.64. The molecule has 0 fully saturated rings. The van der Waals surface area contributed by atoms with Crippen molar-refractivity contribution in [3.63, 3.8) is 0 Å². The minimum Gasteiger partial charge on any atom is -0.476 e. The summed E-state index contributed by atoms with van der Waals surface area (Å²) in [6.45, 7) is 2.26. The minimum atomic E-state index is -1.10. The van der Waals surface area contributed by atoms with Gasteiger partial charge in [0.05, 0.1) is 24.2 Å². The van der Waals surface area contributed by atoms with E-state index in [4.69, 9.17) is 4.42 Å². The second kappa shape index (κ2) is 7.64. The number of nitrogens with one attached hydrogen (secondary N) is 1. The first-order valence-corrected chi connectivity index (χ1v) is 8.19. The van der Waals surface area contributed by atoms with Crippen molar-refractivity contribution >= 4 is 11.9 Å². The van der Waals surface area contributed by atoms with E-state index in [0.717, 1.165) is 6.42 Å². The number of amides is 1. The van der Waals surface area contributed by atoms with Crippen LogP contribution in [-0.2, 0) is 13.0 Å². The average molecular weight is 354 g/mol. The second-order valence-electron chi connectivity index (χ2n) is 5.66. The van der Waals surface area contributed by atoms with E-state index < -0.39 is 5.97 Å². The lowest BCUT2D eigenvalue weighted by molar-refractivity contribution is 0.0689. The molecular formula is C18H18N4O4.